The lowest BCUT2D eigenvalue weighted by Crippen LogP contribution is -2.23. The number of nitrogens with one attached hydrogen (secondary N) is 1. The standard InChI is InChI=1S/C26H30N2O6S/c1-2-14-31-20-10-8-18(9-11-20)24-28-26(25(34-24)27-19-6-4-3-5-7-19)35(29,30)21-12-13-22-23(17-21)33-16-15-32-22/h8-13,17,19,27H,2-7,14-16H2,1H3. The van der Waals surface area contributed by atoms with Crippen molar-refractivity contribution in [2.75, 3.05) is 25.1 Å². The number of nitrogens with zero attached hydrogens (tertiary/aromatic N) is 1. The van der Waals surface area contributed by atoms with E-state index >= 15 is 0 Å². The molecule has 0 atom stereocenters. The molecule has 1 aromatic heterocycles. The topological polar surface area (TPSA) is 99.9 Å². The summed E-state index contributed by atoms with van der Waals surface area (Å²) in [4.78, 5) is 4.55. The predicted molar refractivity (Wildman–Crippen MR) is 131 cm³/mol. The molecule has 0 unspecified atom stereocenters. The summed E-state index contributed by atoms with van der Waals surface area (Å²) >= 11 is 0. The van der Waals surface area contributed by atoms with Gasteiger partial charge in [0.05, 0.1) is 11.5 Å². The van der Waals surface area contributed by atoms with Crippen LogP contribution in [0.2, 0.25) is 0 Å². The Kier molecular flexibility index (Phi) is 6.86. The molecule has 2 heterocycles. The molecular weight excluding hydrogens is 468 g/mol. The van der Waals surface area contributed by atoms with Gasteiger partial charge in [0.2, 0.25) is 26.6 Å². The van der Waals surface area contributed by atoms with Gasteiger partial charge in [-0.2, -0.15) is 4.98 Å². The summed E-state index contributed by atoms with van der Waals surface area (Å²) in [6.07, 6.45) is 6.23. The van der Waals surface area contributed by atoms with Gasteiger partial charge < -0.3 is 23.9 Å². The lowest BCUT2D eigenvalue weighted by atomic mass is 9.96. The number of fused-ring (bicyclic) bond motifs is 1. The zero-order valence-electron chi connectivity index (χ0n) is 19.8. The monoisotopic (exact) mass is 498 g/mol. The Hall–Kier alpha value is -3.20. The highest BCUT2D eigenvalue weighted by Gasteiger charge is 2.31. The normalized spacial score (nSPS) is 16.1. The number of rotatable bonds is 8. The lowest BCUT2D eigenvalue weighted by Gasteiger charge is -2.22. The van der Waals surface area contributed by atoms with Crippen LogP contribution in [0.1, 0.15) is 45.4 Å². The summed E-state index contributed by atoms with van der Waals surface area (Å²) < 4.78 is 50.3. The quantitative estimate of drug-likeness (QED) is 0.436. The van der Waals surface area contributed by atoms with E-state index in [4.69, 9.17) is 18.6 Å². The molecule has 1 fully saturated rings. The Morgan fingerprint density at radius 3 is 2.49 bits per heavy atom. The summed E-state index contributed by atoms with van der Waals surface area (Å²) in [6, 6.07) is 12.1. The molecule has 2 aromatic carbocycles. The highest BCUT2D eigenvalue weighted by Crippen LogP contribution is 2.38. The molecule has 8 nitrogen and oxygen atoms in total. The average Bonchev–Trinajstić information content (AvgIpc) is 3.32. The van der Waals surface area contributed by atoms with Crippen LogP contribution in [0.4, 0.5) is 5.88 Å². The van der Waals surface area contributed by atoms with Gasteiger partial charge >= 0.3 is 0 Å². The molecule has 3 aromatic rings. The number of hydrogen-bond acceptors (Lipinski definition) is 8. The maximum absolute atomic E-state index is 13.7. The molecule has 186 valence electrons. The first-order valence-electron chi connectivity index (χ1n) is 12.2. The molecule has 35 heavy (non-hydrogen) atoms. The number of benzene rings is 2. The largest absolute Gasteiger partial charge is 0.494 e. The van der Waals surface area contributed by atoms with Gasteiger partial charge in [-0.05, 0) is 55.7 Å². The van der Waals surface area contributed by atoms with E-state index in [2.05, 4.69) is 10.3 Å². The van der Waals surface area contributed by atoms with Crippen molar-refractivity contribution in [3.8, 4) is 28.7 Å². The molecule has 0 spiro atoms. The van der Waals surface area contributed by atoms with E-state index in [0.29, 0.717) is 36.9 Å². The second-order valence-corrected chi connectivity index (χ2v) is 10.7. The first kappa shape index (κ1) is 23.5. The number of aromatic nitrogens is 1. The fourth-order valence-corrected chi connectivity index (χ4v) is 5.63. The van der Waals surface area contributed by atoms with Gasteiger partial charge in [-0.25, -0.2) is 8.42 Å². The Balaban J connectivity index is 1.51. The van der Waals surface area contributed by atoms with Gasteiger partial charge in [-0.15, -0.1) is 0 Å². The fraction of sp³-hybridized carbons (Fsp3) is 0.423. The van der Waals surface area contributed by atoms with Crippen molar-refractivity contribution in [1.29, 1.82) is 0 Å². The Bertz CT molecular complexity index is 1260. The Labute approximate surface area is 205 Å². The van der Waals surface area contributed by atoms with Gasteiger partial charge in [-0.3, -0.25) is 0 Å². The zero-order chi connectivity index (χ0) is 24.3. The second-order valence-electron chi connectivity index (χ2n) is 8.81. The van der Waals surface area contributed by atoms with E-state index < -0.39 is 9.84 Å². The average molecular weight is 499 g/mol. The molecule has 2 aliphatic rings. The molecule has 1 aliphatic heterocycles. The van der Waals surface area contributed by atoms with Crippen molar-refractivity contribution in [3.05, 3.63) is 42.5 Å². The smallest absolute Gasteiger partial charge is 0.234 e. The molecule has 1 N–H and O–H groups in total. The van der Waals surface area contributed by atoms with Crippen LogP contribution in [0.25, 0.3) is 11.5 Å². The van der Waals surface area contributed by atoms with Crippen LogP contribution >= 0.6 is 0 Å². The minimum atomic E-state index is -3.99. The zero-order valence-corrected chi connectivity index (χ0v) is 20.6. The van der Waals surface area contributed by atoms with Crippen molar-refractivity contribution in [2.24, 2.45) is 0 Å². The third-order valence-electron chi connectivity index (χ3n) is 6.19. The van der Waals surface area contributed by atoms with Gasteiger partial charge in [0.25, 0.3) is 0 Å². The van der Waals surface area contributed by atoms with E-state index in [1.807, 2.05) is 31.2 Å². The third-order valence-corrected chi connectivity index (χ3v) is 7.85. The van der Waals surface area contributed by atoms with Gasteiger partial charge in [-0.1, -0.05) is 26.2 Å². The predicted octanol–water partition coefficient (Wildman–Crippen LogP) is 5.48. The Morgan fingerprint density at radius 2 is 1.74 bits per heavy atom. The molecule has 0 amide bonds. The lowest BCUT2D eigenvalue weighted by molar-refractivity contribution is 0.171. The molecule has 1 aliphatic carbocycles. The van der Waals surface area contributed by atoms with Gasteiger partial charge in [0, 0.05) is 17.7 Å². The van der Waals surface area contributed by atoms with E-state index in [-0.39, 0.29) is 27.7 Å². The second kappa shape index (κ2) is 10.2. The molecule has 1 saturated carbocycles. The van der Waals surface area contributed by atoms with Gasteiger partial charge in [0.1, 0.15) is 19.0 Å². The van der Waals surface area contributed by atoms with E-state index in [1.165, 1.54) is 18.6 Å². The van der Waals surface area contributed by atoms with Crippen molar-refractivity contribution in [2.45, 2.75) is 61.4 Å². The highest BCUT2D eigenvalue weighted by atomic mass is 32.2. The molecule has 0 radical (unpaired) electrons. The maximum Gasteiger partial charge on any atom is 0.234 e. The molecule has 0 saturated heterocycles. The van der Waals surface area contributed by atoms with Crippen molar-refractivity contribution >= 4 is 15.7 Å². The number of ether oxygens (including phenoxy) is 3. The molecule has 5 rings (SSSR count). The summed E-state index contributed by atoms with van der Waals surface area (Å²) in [7, 11) is -3.99. The maximum atomic E-state index is 13.7. The number of anilines is 1. The fourth-order valence-electron chi connectivity index (χ4n) is 4.35. The van der Waals surface area contributed by atoms with Crippen LogP contribution in [0.5, 0.6) is 17.2 Å². The minimum Gasteiger partial charge on any atom is -0.494 e. The summed E-state index contributed by atoms with van der Waals surface area (Å²) in [5.41, 5.74) is 0.671. The van der Waals surface area contributed by atoms with Crippen LogP contribution < -0.4 is 19.5 Å². The van der Waals surface area contributed by atoms with Crippen molar-refractivity contribution in [1.82, 2.24) is 4.98 Å². The number of sulfone groups is 1. The molecule has 9 heteroatoms. The summed E-state index contributed by atoms with van der Waals surface area (Å²) in [5, 5.41) is 3.20. The van der Waals surface area contributed by atoms with E-state index in [0.717, 1.165) is 37.9 Å². The highest BCUT2D eigenvalue weighted by molar-refractivity contribution is 7.91. The van der Waals surface area contributed by atoms with E-state index in [9.17, 15) is 8.42 Å². The van der Waals surface area contributed by atoms with Crippen LogP contribution in [0, 0.1) is 0 Å². The number of oxazole rings is 1. The third kappa shape index (κ3) is 5.10. The van der Waals surface area contributed by atoms with Crippen LogP contribution in [-0.2, 0) is 9.84 Å². The van der Waals surface area contributed by atoms with Crippen LogP contribution in [0.15, 0.2) is 56.8 Å². The van der Waals surface area contributed by atoms with Crippen molar-refractivity contribution < 1.29 is 27.0 Å². The summed E-state index contributed by atoms with van der Waals surface area (Å²) in [5.74, 6) is 2.09. The Morgan fingerprint density at radius 1 is 1.00 bits per heavy atom. The molecular formula is C26H30N2O6S. The SMILES string of the molecule is CCCOc1ccc(-c2nc(S(=O)(=O)c3ccc4c(c3)OCCO4)c(NC3CCCCC3)o2)cc1. The number of hydrogen-bond donors (Lipinski definition) is 1. The first-order chi connectivity index (χ1) is 17.0. The summed E-state index contributed by atoms with van der Waals surface area (Å²) in [6.45, 7) is 3.48. The van der Waals surface area contributed by atoms with Crippen LogP contribution in [0.3, 0.4) is 0 Å². The van der Waals surface area contributed by atoms with E-state index in [1.54, 1.807) is 6.07 Å². The van der Waals surface area contributed by atoms with Crippen molar-refractivity contribution in [3.63, 3.8) is 0 Å². The minimum absolute atomic E-state index is 0.0802. The van der Waals surface area contributed by atoms with Gasteiger partial charge in [0.15, 0.2) is 11.5 Å². The van der Waals surface area contributed by atoms with Crippen LogP contribution in [-0.4, -0.2) is 39.3 Å². The molecule has 0 bridgehead atoms. The first-order valence-corrected chi connectivity index (χ1v) is 13.7.